The van der Waals surface area contributed by atoms with Crippen LogP contribution in [0.3, 0.4) is 0 Å². The third-order valence-electron chi connectivity index (χ3n) is 7.05. The highest BCUT2D eigenvalue weighted by atomic mass is 35.5. The lowest BCUT2D eigenvalue weighted by Gasteiger charge is -2.19. The van der Waals surface area contributed by atoms with Gasteiger partial charge in [-0.05, 0) is 99.6 Å². The maximum atomic E-state index is 6.57. The number of halogens is 1. The molecule has 0 spiro atoms. The van der Waals surface area contributed by atoms with Crippen LogP contribution >= 0.6 is 11.6 Å². The number of nitrogens with one attached hydrogen (secondary N) is 2. The van der Waals surface area contributed by atoms with E-state index >= 15 is 0 Å². The Bertz CT molecular complexity index is 1110. The highest BCUT2D eigenvalue weighted by molar-refractivity contribution is 6.32. The van der Waals surface area contributed by atoms with Crippen molar-refractivity contribution in [1.29, 1.82) is 0 Å². The predicted molar refractivity (Wildman–Crippen MR) is 163 cm³/mol. The molecule has 0 heterocycles. The van der Waals surface area contributed by atoms with Crippen LogP contribution in [-0.2, 0) is 25.7 Å². The second-order valence-electron chi connectivity index (χ2n) is 9.81. The Balaban J connectivity index is 1.39. The second kappa shape index (κ2) is 17.8. The summed E-state index contributed by atoms with van der Waals surface area (Å²) in [7, 11) is 5.02. The number of aryl methyl sites for hydroxylation is 1. The predicted octanol–water partition coefficient (Wildman–Crippen LogP) is 6.68. The average molecular weight is 553 g/mol. The first kappa shape index (κ1) is 30.8. The van der Waals surface area contributed by atoms with E-state index in [1.165, 1.54) is 42.4 Å². The first-order valence-corrected chi connectivity index (χ1v) is 14.5. The summed E-state index contributed by atoms with van der Waals surface area (Å²) >= 11 is 6.57. The van der Waals surface area contributed by atoms with Crippen LogP contribution in [0.2, 0.25) is 5.02 Å². The molecule has 3 aromatic rings. The molecule has 0 aliphatic heterocycles. The molecular formula is C33H45ClN2O3. The fraction of sp³-hybridized carbons (Fsp3) is 0.455. The normalized spacial score (nSPS) is 11.0. The summed E-state index contributed by atoms with van der Waals surface area (Å²) in [6.07, 6.45) is 8.63. The Morgan fingerprint density at radius 2 is 1.26 bits per heavy atom. The average Bonchev–Trinajstić information content (AvgIpc) is 2.97. The van der Waals surface area contributed by atoms with Crippen molar-refractivity contribution in [1.82, 2.24) is 10.6 Å². The van der Waals surface area contributed by atoms with E-state index in [9.17, 15) is 0 Å². The Kier molecular flexibility index (Phi) is 14.0. The number of benzene rings is 3. The van der Waals surface area contributed by atoms with E-state index < -0.39 is 0 Å². The Morgan fingerprint density at radius 3 is 1.92 bits per heavy atom. The van der Waals surface area contributed by atoms with Gasteiger partial charge in [-0.3, -0.25) is 0 Å². The third kappa shape index (κ3) is 10.4. The first-order valence-electron chi connectivity index (χ1n) is 14.2. The van der Waals surface area contributed by atoms with Gasteiger partial charge in [0, 0.05) is 5.56 Å². The minimum atomic E-state index is 0.590. The lowest BCUT2D eigenvalue weighted by Crippen LogP contribution is -2.20. The number of hydrogen-bond acceptors (Lipinski definition) is 5. The van der Waals surface area contributed by atoms with Crippen molar-refractivity contribution < 1.29 is 14.2 Å². The minimum absolute atomic E-state index is 0.590. The maximum absolute atomic E-state index is 6.57. The first-order chi connectivity index (χ1) is 19.2. The molecule has 2 N–H and O–H groups in total. The molecular weight excluding hydrogens is 508 g/mol. The lowest BCUT2D eigenvalue weighted by molar-refractivity contribution is 0.351. The van der Waals surface area contributed by atoms with E-state index in [4.69, 9.17) is 25.8 Å². The van der Waals surface area contributed by atoms with Crippen LogP contribution in [0.4, 0.5) is 0 Å². The van der Waals surface area contributed by atoms with Gasteiger partial charge >= 0.3 is 0 Å². The van der Waals surface area contributed by atoms with Crippen molar-refractivity contribution in [2.45, 2.75) is 51.4 Å². The summed E-state index contributed by atoms with van der Waals surface area (Å²) in [5.41, 5.74) is 4.98. The monoisotopic (exact) mass is 552 g/mol. The van der Waals surface area contributed by atoms with Crippen molar-refractivity contribution in [3.05, 3.63) is 87.9 Å². The maximum Gasteiger partial charge on any atom is 0.179 e. The molecule has 212 valence electrons. The zero-order chi connectivity index (χ0) is 27.7. The zero-order valence-corrected chi connectivity index (χ0v) is 24.6. The largest absolute Gasteiger partial charge is 0.497 e. The number of hydrogen-bond donors (Lipinski definition) is 2. The highest BCUT2D eigenvalue weighted by Gasteiger charge is 2.19. The van der Waals surface area contributed by atoms with Crippen molar-refractivity contribution in [3.8, 4) is 17.2 Å². The SMILES string of the molecule is COc1cccc(CCc2c(CCNCCCCCCNCCc3ccccc3)cc(Cl)c(OC)c2OC)c1. The van der Waals surface area contributed by atoms with Gasteiger partial charge in [-0.25, -0.2) is 0 Å². The van der Waals surface area contributed by atoms with E-state index in [2.05, 4.69) is 53.1 Å². The summed E-state index contributed by atoms with van der Waals surface area (Å²) in [5.74, 6) is 2.21. The molecule has 3 aromatic carbocycles. The highest BCUT2D eigenvalue weighted by Crippen LogP contribution is 2.41. The third-order valence-corrected chi connectivity index (χ3v) is 7.33. The van der Waals surface area contributed by atoms with Gasteiger partial charge in [-0.2, -0.15) is 0 Å². The van der Waals surface area contributed by atoms with Gasteiger partial charge in [0.1, 0.15) is 5.75 Å². The van der Waals surface area contributed by atoms with Crippen LogP contribution in [0.1, 0.15) is 47.9 Å². The molecule has 0 aliphatic rings. The van der Waals surface area contributed by atoms with Crippen LogP contribution < -0.4 is 24.8 Å². The quantitative estimate of drug-likeness (QED) is 0.163. The fourth-order valence-corrected chi connectivity index (χ4v) is 5.20. The lowest BCUT2D eigenvalue weighted by atomic mass is 9.96. The van der Waals surface area contributed by atoms with E-state index in [0.29, 0.717) is 10.8 Å². The molecule has 5 nitrogen and oxygen atoms in total. The molecule has 0 fully saturated rings. The van der Waals surface area contributed by atoms with Crippen LogP contribution in [0.5, 0.6) is 17.2 Å². The topological polar surface area (TPSA) is 51.8 Å². The molecule has 0 radical (unpaired) electrons. The van der Waals surface area contributed by atoms with E-state index in [1.807, 2.05) is 18.2 Å². The summed E-state index contributed by atoms with van der Waals surface area (Å²) in [4.78, 5) is 0. The number of rotatable bonds is 19. The Morgan fingerprint density at radius 1 is 0.590 bits per heavy atom. The van der Waals surface area contributed by atoms with Gasteiger partial charge in [0.2, 0.25) is 0 Å². The smallest absolute Gasteiger partial charge is 0.179 e. The van der Waals surface area contributed by atoms with E-state index in [-0.39, 0.29) is 0 Å². The molecule has 0 saturated carbocycles. The molecule has 0 amide bonds. The Hall–Kier alpha value is -2.73. The van der Waals surface area contributed by atoms with Crippen molar-refractivity contribution in [3.63, 3.8) is 0 Å². The minimum Gasteiger partial charge on any atom is -0.497 e. The molecule has 0 atom stereocenters. The second-order valence-corrected chi connectivity index (χ2v) is 10.2. The molecule has 0 aliphatic carbocycles. The van der Waals surface area contributed by atoms with Gasteiger partial charge in [0.25, 0.3) is 0 Å². The molecule has 39 heavy (non-hydrogen) atoms. The van der Waals surface area contributed by atoms with Gasteiger partial charge in [0.05, 0.1) is 26.4 Å². The van der Waals surface area contributed by atoms with Gasteiger partial charge in [0.15, 0.2) is 11.5 Å². The van der Waals surface area contributed by atoms with Crippen molar-refractivity contribution >= 4 is 11.6 Å². The van der Waals surface area contributed by atoms with E-state index in [1.54, 1.807) is 21.3 Å². The molecule has 0 unspecified atom stereocenters. The molecule has 6 heteroatoms. The summed E-state index contributed by atoms with van der Waals surface area (Å²) in [6, 6.07) is 20.9. The van der Waals surface area contributed by atoms with Crippen LogP contribution in [0.25, 0.3) is 0 Å². The van der Waals surface area contributed by atoms with Crippen molar-refractivity contribution in [2.24, 2.45) is 0 Å². The molecule has 3 rings (SSSR count). The van der Waals surface area contributed by atoms with Crippen LogP contribution in [-0.4, -0.2) is 47.5 Å². The van der Waals surface area contributed by atoms with Crippen molar-refractivity contribution in [2.75, 3.05) is 47.5 Å². The van der Waals surface area contributed by atoms with Crippen LogP contribution in [0, 0.1) is 0 Å². The van der Waals surface area contributed by atoms with Gasteiger partial charge in [-0.1, -0.05) is 66.9 Å². The van der Waals surface area contributed by atoms with Gasteiger partial charge in [-0.15, -0.1) is 0 Å². The number of ether oxygens (including phenoxy) is 3. The van der Waals surface area contributed by atoms with Crippen LogP contribution in [0.15, 0.2) is 60.7 Å². The standard InChI is InChI=1S/C33H45ClN2O3/c1-37-29-15-11-14-27(24-29)16-17-30-28(25-31(34)33(39-3)32(30)38-2)19-23-36-21-10-5-4-9-20-35-22-18-26-12-7-6-8-13-26/h6-8,11-15,24-25,35-36H,4-5,9-10,16-23H2,1-3H3. The Labute approximate surface area is 240 Å². The summed E-state index contributed by atoms with van der Waals surface area (Å²) < 4.78 is 16.8. The number of methoxy groups -OCH3 is 3. The summed E-state index contributed by atoms with van der Waals surface area (Å²) in [5, 5.41) is 7.77. The fourth-order valence-electron chi connectivity index (χ4n) is 4.90. The molecule has 0 aromatic heterocycles. The summed E-state index contributed by atoms with van der Waals surface area (Å²) in [6.45, 7) is 4.08. The van der Waals surface area contributed by atoms with E-state index in [0.717, 1.165) is 68.9 Å². The zero-order valence-electron chi connectivity index (χ0n) is 23.9. The number of unbranched alkanes of at least 4 members (excludes halogenated alkanes) is 3. The molecule has 0 bridgehead atoms. The van der Waals surface area contributed by atoms with Gasteiger partial charge < -0.3 is 24.8 Å². The molecule has 0 saturated heterocycles.